The van der Waals surface area contributed by atoms with E-state index in [1.54, 1.807) is 31.4 Å². The minimum atomic E-state index is -2.92. The van der Waals surface area contributed by atoms with Gasteiger partial charge in [-0.2, -0.15) is 8.78 Å². The lowest BCUT2D eigenvalue weighted by molar-refractivity contribution is -0.0498. The number of carbonyl (C=O) groups is 1. The van der Waals surface area contributed by atoms with Crippen molar-refractivity contribution in [1.29, 1.82) is 0 Å². The van der Waals surface area contributed by atoms with Crippen molar-refractivity contribution in [2.75, 3.05) is 19.5 Å². The van der Waals surface area contributed by atoms with Crippen LogP contribution in [0.1, 0.15) is 23.3 Å². The van der Waals surface area contributed by atoms with E-state index in [4.69, 9.17) is 4.74 Å². The second kappa shape index (κ2) is 9.82. The van der Waals surface area contributed by atoms with Crippen molar-refractivity contribution in [2.45, 2.75) is 24.7 Å². The molecule has 2 aromatic carbocycles. The standard InChI is InChI=1S/C21H20F2N2O4S/c1-13(11-28-2)25-19(27)16-5-3-4-6-17(16)24-21(25)30-12-18(26)14-7-9-15(10-8-14)29-20(22)23/h3-10,13,20H,11-12H2,1-2H3/t13-/m1/s1. The second-order valence-electron chi connectivity index (χ2n) is 6.51. The summed E-state index contributed by atoms with van der Waals surface area (Å²) in [6.07, 6.45) is 0. The van der Waals surface area contributed by atoms with Gasteiger partial charge in [-0.25, -0.2) is 4.98 Å². The van der Waals surface area contributed by atoms with E-state index in [2.05, 4.69) is 9.72 Å². The third kappa shape index (κ3) is 5.03. The van der Waals surface area contributed by atoms with E-state index in [-0.39, 0.29) is 28.9 Å². The van der Waals surface area contributed by atoms with Gasteiger partial charge in [0.05, 0.1) is 29.3 Å². The number of aromatic nitrogens is 2. The van der Waals surface area contributed by atoms with E-state index in [1.165, 1.54) is 28.8 Å². The molecule has 0 saturated heterocycles. The Hall–Kier alpha value is -2.78. The SMILES string of the molecule is COC[C@@H](C)n1c(SCC(=O)c2ccc(OC(F)F)cc2)nc2ccccc2c1=O. The molecular weight excluding hydrogens is 414 g/mol. The van der Waals surface area contributed by atoms with E-state index in [0.29, 0.717) is 28.2 Å². The summed E-state index contributed by atoms with van der Waals surface area (Å²) in [5.74, 6) is -0.218. The van der Waals surface area contributed by atoms with Gasteiger partial charge >= 0.3 is 6.61 Å². The van der Waals surface area contributed by atoms with E-state index in [0.717, 1.165) is 11.8 Å². The Morgan fingerprint density at radius 2 is 1.87 bits per heavy atom. The van der Waals surface area contributed by atoms with Crippen molar-refractivity contribution >= 4 is 28.4 Å². The van der Waals surface area contributed by atoms with Gasteiger partial charge in [0.25, 0.3) is 5.56 Å². The molecule has 1 atom stereocenters. The predicted molar refractivity (Wildman–Crippen MR) is 111 cm³/mol. The molecule has 30 heavy (non-hydrogen) atoms. The average Bonchev–Trinajstić information content (AvgIpc) is 2.72. The number of benzene rings is 2. The highest BCUT2D eigenvalue weighted by Crippen LogP contribution is 2.23. The normalized spacial score (nSPS) is 12.3. The number of methoxy groups -OCH3 is 1. The van der Waals surface area contributed by atoms with Crippen molar-refractivity contribution < 1.29 is 23.0 Å². The highest BCUT2D eigenvalue weighted by Gasteiger charge is 2.18. The predicted octanol–water partition coefficient (Wildman–Crippen LogP) is 4.18. The van der Waals surface area contributed by atoms with Crippen molar-refractivity contribution in [3.8, 4) is 5.75 Å². The molecule has 0 saturated carbocycles. The number of alkyl halides is 2. The molecule has 0 bridgehead atoms. The van der Waals surface area contributed by atoms with Crippen LogP contribution in [0.3, 0.4) is 0 Å². The van der Waals surface area contributed by atoms with Gasteiger partial charge in [-0.3, -0.25) is 14.2 Å². The Labute approximate surface area is 175 Å². The topological polar surface area (TPSA) is 70.4 Å². The van der Waals surface area contributed by atoms with E-state index < -0.39 is 6.61 Å². The van der Waals surface area contributed by atoms with Crippen LogP contribution in [0.5, 0.6) is 5.75 Å². The van der Waals surface area contributed by atoms with Gasteiger partial charge in [-0.1, -0.05) is 23.9 Å². The van der Waals surface area contributed by atoms with Gasteiger partial charge in [0, 0.05) is 12.7 Å². The summed E-state index contributed by atoms with van der Waals surface area (Å²) in [5, 5.41) is 0.903. The zero-order valence-electron chi connectivity index (χ0n) is 16.4. The zero-order chi connectivity index (χ0) is 21.7. The van der Waals surface area contributed by atoms with Gasteiger partial charge in [-0.05, 0) is 43.3 Å². The van der Waals surface area contributed by atoms with E-state index >= 15 is 0 Å². The number of hydrogen-bond donors (Lipinski definition) is 0. The van der Waals surface area contributed by atoms with Gasteiger partial charge in [0.15, 0.2) is 10.9 Å². The first-order chi connectivity index (χ1) is 14.4. The highest BCUT2D eigenvalue weighted by atomic mass is 32.2. The first-order valence-electron chi connectivity index (χ1n) is 9.11. The molecule has 0 aliphatic rings. The molecule has 0 aliphatic carbocycles. The van der Waals surface area contributed by atoms with Crippen molar-refractivity contribution in [1.82, 2.24) is 9.55 Å². The van der Waals surface area contributed by atoms with Crippen molar-refractivity contribution in [3.63, 3.8) is 0 Å². The minimum absolute atomic E-state index is 0.0207. The van der Waals surface area contributed by atoms with Crippen LogP contribution in [0.2, 0.25) is 0 Å². The van der Waals surface area contributed by atoms with Crippen LogP contribution in [-0.2, 0) is 4.74 Å². The quantitative estimate of drug-likeness (QED) is 0.286. The lowest BCUT2D eigenvalue weighted by Gasteiger charge is -2.18. The monoisotopic (exact) mass is 434 g/mol. The highest BCUT2D eigenvalue weighted by molar-refractivity contribution is 7.99. The maximum Gasteiger partial charge on any atom is 0.387 e. The summed E-state index contributed by atoms with van der Waals surface area (Å²) in [7, 11) is 1.55. The Balaban J connectivity index is 1.84. The molecule has 1 aromatic heterocycles. The molecule has 0 N–H and O–H groups in total. The smallest absolute Gasteiger partial charge is 0.387 e. The number of ketones is 1. The van der Waals surface area contributed by atoms with E-state index in [1.807, 2.05) is 6.92 Å². The Kier molecular flexibility index (Phi) is 7.17. The second-order valence-corrected chi connectivity index (χ2v) is 7.45. The average molecular weight is 434 g/mol. The number of Topliss-reactive ketones (excluding diaryl/α,β-unsaturated/α-hetero) is 1. The van der Waals surface area contributed by atoms with Crippen molar-refractivity contribution in [2.24, 2.45) is 0 Å². The Bertz CT molecular complexity index is 1090. The number of fused-ring (bicyclic) bond motifs is 1. The molecule has 158 valence electrons. The third-order valence-corrected chi connectivity index (χ3v) is 5.31. The van der Waals surface area contributed by atoms with Gasteiger partial charge in [0.2, 0.25) is 0 Å². The molecule has 9 heteroatoms. The fraction of sp³-hybridized carbons (Fsp3) is 0.286. The molecule has 0 radical (unpaired) electrons. The first kappa shape index (κ1) is 21.9. The lowest BCUT2D eigenvalue weighted by Crippen LogP contribution is -2.28. The first-order valence-corrected chi connectivity index (χ1v) is 10.1. The molecule has 0 aliphatic heterocycles. The molecule has 1 heterocycles. The third-order valence-electron chi connectivity index (χ3n) is 4.36. The van der Waals surface area contributed by atoms with Crippen molar-refractivity contribution in [3.05, 3.63) is 64.4 Å². The fourth-order valence-corrected chi connectivity index (χ4v) is 3.96. The molecule has 3 rings (SSSR count). The molecule has 6 nitrogen and oxygen atoms in total. The fourth-order valence-electron chi connectivity index (χ4n) is 2.97. The number of para-hydroxylation sites is 1. The van der Waals surface area contributed by atoms with Gasteiger partial charge < -0.3 is 9.47 Å². The Morgan fingerprint density at radius 1 is 1.17 bits per heavy atom. The van der Waals surface area contributed by atoms with Gasteiger partial charge in [0.1, 0.15) is 5.75 Å². The Morgan fingerprint density at radius 3 is 2.53 bits per heavy atom. The minimum Gasteiger partial charge on any atom is -0.435 e. The number of carbonyl (C=O) groups excluding carboxylic acids is 1. The molecule has 0 amide bonds. The van der Waals surface area contributed by atoms with Crippen LogP contribution in [-0.4, -0.2) is 41.4 Å². The van der Waals surface area contributed by atoms with Crippen LogP contribution < -0.4 is 10.3 Å². The summed E-state index contributed by atoms with van der Waals surface area (Å²) < 4.78 is 35.5. The number of halogens is 2. The lowest BCUT2D eigenvalue weighted by atomic mass is 10.1. The largest absolute Gasteiger partial charge is 0.435 e. The maximum atomic E-state index is 13.0. The number of thioether (sulfide) groups is 1. The molecule has 0 spiro atoms. The summed E-state index contributed by atoms with van der Waals surface area (Å²) >= 11 is 1.14. The number of rotatable bonds is 9. The molecular formula is C21H20F2N2O4S. The number of nitrogens with zero attached hydrogens (tertiary/aromatic N) is 2. The summed E-state index contributed by atoms with van der Waals surface area (Å²) in [5.41, 5.74) is 0.698. The molecule has 0 unspecified atom stereocenters. The zero-order valence-corrected chi connectivity index (χ0v) is 17.2. The summed E-state index contributed by atoms with van der Waals surface area (Å²) in [6, 6.07) is 12.2. The molecule has 0 fully saturated rings. The van der Waals surface area contributed by atoms with Crippen LogP contribution in [0.25, 0.3) is 10.9 Å². The van der Waals surface area contributed by atoms with Gasteiger partial charge in [-0.15, -0.1) is 0 Å². The number of hydrogen-bond acceptors (Lipinski definition) is 6. The maximum absolute atomic E-state index is 13.0. The van der Waals surface area contributed by atoms with E-state index in [9.17, 15) is 18.4 Å². The summed E-state index contributed by atoms with van der Waals surface area (Å²) in [6.45, 7) is -0.769. The summed E-state index contributed by atoms with van der Waals surface area (Å²) in [4.78, 5) is 30.1. The number of ether oxygens (including phenoxy) is 2. The van der Waals surface area contributed by atoms with Crippen LogP contribution in [0, 0.1) is 0 Å². The molecule has 3 aromatic rings. The van der Waals surface area contributed by atoms with Crippen LogP contribution >= 0.6 is 11.8 Å². The van der Waals surface area contributed by atoms with Crippen LogP contribution in [0.15, 0.2) is 58.5 Å². The van der Waals surface area contributed by atoms with Crippen LogP contribution in [0.4, 0.5) is 8.78 Å².